The van der Waals surface area contributed by atoms with E-state index in [4.69, 9.17) is 28.5 Å². The number of hydrogen-bond acceptors (Lipinski definition) is 2. The van der Waals surface area contributed by atoms with Crippen LogP contribution in [0.1, 0.15) is 5.56 Å². The number of nitriles is 1. The molecule has 0 aliphatic carbocycles. The van der Waals surface area contributed by atoms with Gasteiger partial charge in [0.1, 0.15) is 0 Å². The van der Waals surface area contributed by atoms with Crippen LogP contribution in [0.4, 0.5) is 11.4 Å². The second-order valence-electron chi connectivity index (χ2n) is 3.62. The van der Waals surface area contributed by atoms with E-state index in [1.54, 1.807) is 30.3 Å². The van der Waals surface area contributed by atoms with Crippen LogP contribution in [0.15, 0.2) is 40.9 Å². The fraction of sp³-hybridized carbons (Fsp3) is 0. The molecule has 0 saturated heterocycles. The fourth-order valence-electron chi connectivity index (χ4n) is 1.52. The van der Waals surface area contributed by atoms with Gasteiger partial charge in [0.2, 0.25) is 0 Å². The van der Waals surface area contributed by atoms with Crippen molar-refractivity contribution in [2.24, 2.45) is 0 Å². The van der Waals surface area contributed by atoms with Gasteiger partial charge in [-0.2, -0.15) is 5.26 Å². The summed E-state index contributed by atoms with van der Waals surface area (Å²) in [6.07, 6.45) is 0. The lowest BCUT2D eigenvalue weighted by Crippen LogP contribution is -1.91. The molecule has 5 heteroatoms. The number of nitrogens with zero attached hydrogens (tertiary/aromatic N) is 1. The average molecular weight is 342 g/mol. The summed E-state index contributed by atoms with van der Waals surface area (Å²) in [6.45, 7) is 0. The van der Waals surface area contributed by atoms with Gasteiger partial charge in [-0.3, -0.25) is 0 Å². The highest BCUT2D eigenvalue weighted by Gasteiger charge is 2.02. The molecule has 2 aromatic rings. The highest BCUT2D eigenvalue weighted by molar-refractivity contribution is 9.10. The Morgan fingerprint density at radius 1 is 0.944 bits per heavy atom. The molecule has 0 unspecified atom stereocenters. The van der Waals surface area contributed by atoms with Crippen LogP contribution in [0.3, 0.4) is 0 Å². The van der Waals surface area contributed by atoms with Gasteiger partial charge >= 0.3 is 0 Å². The Hall–Kier alpha value is -1.21. The summed E-state index contributed by atoms with van der Waals surface area (Å²) in [5.74, 6) is 0. The first-order chi connectivity index (χ1) is 8.56. The molecule has 0 fully saturated rings. The van der Waals surface area contributed by atoms with E-state index in [1.807, 2.05) is 6.07 Å². The Kier molecular flexibility index (Phi) is 4.13. The van der Waals surface area contributed by atoms with Crippen molar-refractivity contribution in [2.45, 2.75) is 0 Å². The maximum atomic E-state index is 8.90. The first-order valence-corrected chi connectivity index (χ1v) is 6.55. The van der Waals surface area contributed by atoms with E-state index in [2.05, 4.69) is 27.3 Å². The van der Waals surface area contributed by atoms with Gasteiger partial charge in [-0.1, -0.05) is 39.1 Å². The van der Waals surface area contributed by atoms with Crippen LogP contribution in [-0.4, -0.2) is 0 Å². The molecule has 0 radical (unpaired) electrons. The standard InChI is InChI=1S/C13H7BrCl2N2/c14-9-1-8(7-17)2-12(3-9)18-13-5-10(15)4-11(16)6-13/h1-6,18H. The Morgan fingerprint density at radius 3 is 2.17 bits per heavy atom. The molecule has 0 aliphatic rings. The maximum absolute atomic E-state index is 8.90. The molecule has 0 aromatic heterocycles. The zero-order valence-electron chi connectivity index (χ0n) is 9.05. The molecule has 2 rings (SSSR count). The number of rotatable bonds is 2. The van der Waals surface area contributed by atoms with Gasteiger partial charge < -0.3 is 5.32 Å². The third-order valence-corrected chi connectivity index (χ3v) is 3.07. The average Bonchev–Trinajstić information content (AvgIpc) is 2.26. The third-order valence-electron chi connectivity index (χ3n) is 2.18. The van der Waals surface area contributed by atoms with Crippen molar-refractivity contribution in [1.82, 2.24) is 0 Å². The highest BCUT2D eigenvalue weighted by atomic mass is 79.9. The van der Waals surface area contributed by atoms with Crippen LogP contribution < -0.4 is 5.32 Å². The molecule has 90 valence electrons. The van der Waals surface area contributed by atoms with E-state index < -0.39 is 0 Å². The van der Waals surface area contributed by atoms with Crippen LogP contribution in [-0.2, 0) is 0 Å². The van der Waals surface area contributed by atoms with Gasteiger partial charge in [0.25, 0.3) is 0 Å². The Balaban J connectivity index is 2.34. The zero-order valence-corrected chi connectivity index (χ0v) is 12.1. The molecule has 18 heavy (non-hydrogen) atoms. The second kappa shape index (κ2) is 5.62. The van der Waals surface area contributed by atoms with Crippen molar-refractivity contribution in [1.29, 1.82) is 5.26 Å². The quantitative estimate of drug-likeness (QED) is 0.796. The van der Waals surface area contributed by atoms with Crippen molar-refractivity contribution in [3.8, 4) is 6.07 Å². The SMILES string of the molecule is N#Cc1cc(Br)cc(Nc2cc(Cl)cc(Cl)c2)c1. The van der Waals surface area contributed by atoms with Gasteiger partial charge in [-0.15, -0.1) is 0 Å². The monoisotopic (exact) mass is 340 g/mol. The van der Waals surface area contributed by atoms with Gasteiger partial charge in [-0.25, -0.2) is 0 Å². The van der Waals surface area contributed by atoms with Crippen LogP contribution >= 0.6 is 39.1 Å². The minimum Gasteiger partial charge on any atom is -0.355 e. The molecule has 0 atom stereocenters. The van der Waals surface area contributed by atoms with E-state index >= 15 is 0 Å². The Bertz CT molecular complexity index is 615. The number of hydrogen-bond donors (Lipinski definition) is 1. The lowest BCUT2D eigenvalue weighted by molar-refractivity contribution is 1.46. The van der Waals surface area contributed by atoms with Crippen LogP contribution in [0, 0.1) is 11.3 Å². The molecule has 2 aromatic carbocycles. The van der Waals surface area contributed by atoms with E-state index in [9.17, 15) is 0 Å². The number of halogens is 3. The number of nitrogens with one attached hydrogen (secondary N) is 1. The summed E-state index contributed by atoms with van der Waals surface area (Å²) in [5.41, 5.74) is 2.13. The lowest BCUT2D eigenvalue weighted by Gasteiger charge is -2.08. The van der Waals surface area contributed by atoms with Gasteiger partial charge in [-0.05, 0) is 36.4 Å². The molecule has 2 nitrogen and oxygen atoms in total. The molecule has 0 bridgehead atoms. The smallest absolute Gasteiger partial charge is 0.0992 e. The lowest BCUT2D eigenvalue weighted by atomic mass is 10.2. The summed E-state index contributed by atoms with van der Waals surface area (Å²) in [7, 11) is 0. The van der Waals surface area contributed by atoms with Crippen molar-refractivity contribution < 1.29 is 0 Å². The summed E-state index contributed by atoms with van der Waals surface area (Å²) < 4.78 is 0.831. The zero-order chi connectivity index (χ0) is 13.1. The highest BCUT2D eigenvalue weighted by Crippen LogP contribution is 2.27. The van der Waals surface area contributed by atoms with Crippen LogP contribution in [0.5, 0.6) is 0 Å². The molecule has 1 N–H and O–H groups in total. The normalized spacial score (nSPS) is 9.89. The summed E-state index contributed by atoms with van der Waals surface area (Å²) in [4.78, 5) is 0. The van der Waals surface area contributed by atoms with Crippen molar-refractivity contribution in [2.75, 3.05) is 5.32 Å². The van der Waals surface area contributed by atoms with E-state index in [1.165, 1.54) is 0 Å². The minimum absolute atomic E-state index is 0.556. The molecule has 0 heterocycles. The predicted molar refractivity (Wildman–Crippen MR) is 78.6 cm³/mol. The van der Waals surface area contributed by atoms with Gasteiger partial charge in [0, 0.05) is 25.9 Å². The van der Waals surface area contributed by atoms with E-state index in [0.29, 0.717) is 15.6 Å². The maximum Gasteiger partial charge on any atom is 0.0992 e. The summed E-state index contributed by atoms with van der Waals surface area (Å²) in [5, 5.41) is 13.2. The molecule has 0 saturated carbocycles. The number of anilines is 2. The summed E-state index contributed by atoms with van der Waals surface area (Å²) in [6, 6.07) is 12.7. The topological polar surface area (TPSA) is 35.8 Å². The first kappa shape index (κ1) is 13.2. The largest absolute Gasteiger partial charge is 0.355 e. The van der Waals surface area contributed by atoms with Crippen molar-refractivity contribution in [3.05, 3.63) is 56.5 Å². The molecule has 0 amide bonds. The molecule has 0 spiro atoms. The number of benzene rings is 2. The Morgan fingerprint density at radius 2 is 1.56 bits per heavy atom. The predicted octanol–water partition coefficient (Wildman–Crippen LogP) is 5.37. The fourth-order valence-corrected chi connectivity index (χ4v) is 2.54. The summed E-state index contributed by atoms with van der Waals surface area (Å²) >= 11 is 15.2. The van der Waals surface area contributed by atoms with Crippen molar-refractivity contribution >= 4 is 50.5 Å². The molecule has 0 aliphatic heterocycles. The molecular formula is C13H7BrCl2N2. The van der Waals surface area contributed by atoms with Crippen molar-refractivity contribution in [3.63, 3.8) is 0 Å². The first-order valence-electron chi connectivity index (χ1n) is 5.00. The minimum atomic E-state index is 0.556. The second-order valence-corrected chi connectivity index (χ2v) is 5.41. The van der Waals surface area contributed by atoms with Gasteiger partial charge in [0.05, 0.1) is 11.6 Å². The third kappa shape index (κ3) is 3.39. The molecular weight excluding hydrogens is 335 g/mol. The van der Waals surface area contributed by atoms with E-state index in [-0.39, 0.29) is 0 Å². The Labute approximate surface area is 123 Å². The van der Waals surface area contributed by atoms with E-state index in [0.717, 1.165) is 15.8 Å². The van der Waals surface area contributed by atoms with Gasteiger partial charge in [0.15, 0.2) is 0 Å². The van der Waals surface area contributed by atoms with Crippen LogP contribution in [0.2, 0.25) is 10.0 Å². The van der Waals surface area contributed by atoms with Crippen LogP contribution in [0.25, 0.3) is 0 Å².